The quantitative estimate of drug-likeness (QED) is 0.510. The molecule has 0 saturated carbocycles. The number of benzene rings is 2. The summed E-state index contributed by atoms with van der Waals surface area (Å²) in [5, 5.41) is 4.35. The molecule has 3 aromatic rings. The van der Waals surface area contributed by atoms with Gasteiger partial charge in [-0.25, -0.2) is 4.79 Å². The molecule has 1 heterocycles. The molecule has 0 amide bonds. The van der Waals surface area contributed by atoms with E-state index in [1.807, 2.05) is 43.3 Å². The van der Waals surface area contributed by atoms with Gasteiger partial charge in [-0.1, -0.05) is 53.2 Å². The predicted octanol–water partition coefficient (Wildman–Crippen LogP) is 4.83. The number of hydrogen-bond acceptors (Lipinski definition) is 4. The van der Waals surface area contributed by atoms with Crippen LogP contribution in [-0.2, 0) is 0 Å². The molecular formula is C18H14ClNO3. The van der Waals surface area contributed by atoms with Crippen LogP contribution < -0.4 is 4.74 Å². The zero-order chi connectivity index (χ0) is 16.4. The van der Waals surface area contributed by atoms with Gasteiger partial charge in [-0.3, -0.25) is 0 Å². The molecule has 0 unspecified atom stereocenters. The number of carbonyl (C=O) groups excluding carboxylic acids is 1. The minimum atomic E-state index is -0.546. The fourth-order valence-electron chi connectivity index (χ4n) is 2.25. The molecule has 4 nitrogen and oxygen atoms in total. The maximum Gasteiger partial charge on any atom is 0.349 e. The van der Waals surface area contributed by atoms with Gasteiger partial charge in [0.2, 0.25) is 0 Å². The minimum absolute atomic E-state index is 0.300. The number of nitrogens with zero attached hydrogens (tertiary/aromatic N) is 1. The van der Waals surface area contributed by atoms with Crippen LogP contribution in [0.3, 0.4) is 0 Å². The van der Waals surface area contributed by atoms with E-state index >= 15 is 0 Å². The molecule has 23 heavy (non-hydrogen) atoms. The molecule has 0 fully saturated rings. The van der Waals surface area contributed by atoms with E-state index in [1.54, 1.807) is 19.1 Å². The molecular weight excluding hydrogens is 314 g/mol. The third-order valence-electron chi connectivity index (χ3n) is 3.40. The zero-order valence-electron chi connectivity index (χ0n) is 12.7. The van der Waals surface area contributed by atoms with Crippen LogP contribution in [0.25, 0.3) is 11.3 Å². The van der Waals surface area contributed by atoms with Crippen LogP contribution in [0.15, 0.2) is 53.1 Å². The molecule has 2 aromatic carbocycles. The van der Waals surface area contributed by atoms with E-state index in [0.29, 0.717) is 27.8 Å². The number of aromatic nitrogens is 1. The normalized spacial score (nSPS) is 10.6. The van der Waals surface area contributed by atoms with Crippen LogP contribution in [0.2, 0.25) is 5.02 Å². The molecule has 0 N–H and O–H groups in total. The lowest BCUT2D eigenvalue weighted by Crippen LogP contribution is -2.10. The Morgan fingerprint density at radius 2 is 1.87 bits per heavy atom. The van der Waals surface area contributed by atoms with Crippen molar-refractivity contribution in [1.82, 2.24) is 5.16 Å². The highest BCUT2D eigenvalue weighted by Crippen LogP contribution is 2.29. The van der Waals surface area contributed by atoms with E-state index in [4.69, 9.17) is 20.9 Å². The number of halogens is 1. The summed E-state index contributed by atoms with van der Waals surface area (Å²) in [4.78, 5) is 12.6. The summed E-state index contributed by atoms with van der Waals surface area (Å²) in [6.07, 6.45) is 0. The molecule has 0 aliphatic heterocycles. The monoisotopic (exact) mass is 327 g/mol. The summed E-state index contributed by atoms with van der Waals surface area (Å²) in [6.45, 7) is 3.57. The lowest BCUT2D eigenvalue weighted by molar-refractivity contribution is 0.0733. The van der Waals surface area contributed by atoms with Gasteiger partial charge in [0.25, 0.3) is 0 Å². The van der Waals surface area contributed by atoms with Gasteiger partial charge in [-0.2, -0.15) is 0 Å². The van der Waals surface area contributed by atoms with Gasteiger partial charge in [-0.05, 0) is 31.5 Å². The van der Waals surface area contributed by atoms with Crippen LogP contribution in [0.1, 0.15) is 21.7 Å². The van der Waals surface area contributed by atoms with Crippen molar-refractivity contribution in [2.24, 2.45) is 0 Å². The predicted molar refractivity (Wildman–Crippen MR) is 87.8 cm³/mol. The van der Waals surface area contributed by atoms with Crippen LogP contribution >= 0.6 is 11.6 Å². The molecule has 3 rings (SSSR count). The maximum absolute atomic E-state index is 12.6. The van der Waals surface area contributed by atoms with Crippen molar-refractivity contribution in [2.75, 3.05) is 0 Å². The first kappa shape index (κ1) is 15.3. The Hall–Kier alpha value is -2.59. The second-order valence-electron chi connectivity index (χ2n) is 5.15. The summed E-state index contributed by atoms with van der Waals surface area (Å²) < 4.78 is 10.6. The summed E-state index contributed by atoms with van der Waals surface area (Å²) in [7, 11) is 0. The first-order valence-corrected chi connectivity index (χ1v) is 7.44. The average molecular weight is 328 g/mol. The fraction of sp³-hybridized carbons (Fsp3) is 0.111. The van der Waals surface area contributed by atoms with Gasteiger partial charge in [0.15, 0.2) is 0 Å². The number of esters is 1. The van der Waals surface area contributed by atoms with Crippen molar-refractivity contribution in [2.45, 2.75) is 13.8 Å². The largest absolute Gasteiger partial charge is 0.421 e. The van der Waals surface area contributed by atoms with Crippen molar-refractivity contribution in [3.8, 4) is 17.0 Å². The number of ether oxygens (including phenoxy) is 1. The Bertz CT molecular complexity index is 856. The number of rotatable bonds is 3. The van der Waals surface area contributed by atoms with Crippen molar-refractivity contribution >= 4 is 17.6 Å². The summed E-state index contributed by atoms with van der Waals surface area (Å²) in [5.74, 6) is 0.170. The lowest BCUT2D eigenvalue weighted by Gasteiger charge is -2.07. The molecule has 116 valence electrons. The van der Waals surface area contributed by atoms with Crippen LogP contribution in [0.5, 0.6) is 5.75 Å². The first-order valence-electron chi connectivity index (χ1n) is 7.06. The van der Waals surface area contributed by atoms with E-state index in [-0.39, 0.29) is 0 Å². The van der Waals surface area contributed by atoms with Gasteiger partial charge >= 0.3 is 5.97 Å². The summed E-state index contributed by atoms with van der Waals surface area (Å²) >= 11 is 6.08. The molecule has 0 aliphatic carbocycles. The highest BCUT2D eigenvalue weighted by atomic mass is 35.5. The molecule has 0 aliphatic rings. The Morgan fingerprint density at radius 3 is 2.61 bits per heavy atom. The van der Waals surface area contributed by atoms with Crippen molar-refractivity contribution in [3.63, 3.8) is 0 Å². The summed E-state index contributed by atoms with van der Waals surface area (Å²) in [6, 6.07) is 14.6. The molecule has 0 saturated heterocycles. The minimum Gasteiger partial charge on any atom is -0.421 e. The van der Waals surface area contributed by atoms with Crippen molar-refractivity contribution in [3.05, 3.63) is 70.4 Å². The highest BCUT2D eigenvalue weighted by molar-refractivity contribution is 6.32. The van der Waals surface area contributed by atoms with E-state index in [9.17, 15) is 4.79 Å². The SMILES string of the molecule is Cc1ccc(Cl)c(OC(=O)c2c(-c3ccccc3)noc2C)c1. The Labute approximate surface area is 138 Å². The van der Waals surface area contributed by atoms with E-state index in [2.05, 4.69) is 5.16 Å². The summed E-state index contributed by atoms with van der Waals surface area (Å²) in [5.41, 5.74) is 2.49. The molecule has 1 aromatic heterocycles. The average Bonchev–Trinajstić information content (AvgIpc) is 2.93. The first-order chi connectivity index (χ1) is 11.1. The maximum atomic E-state index is 12.6. The molecule has 5 heteroatoms. The number of carbonyl (C=O) groups is 1. The van der Waals surface area contributed by atoms with Gasteiger partial charge in [0.05, 0.1) is 5.02 Å². The third kappa shape index (κ3) is 3.12. The molecule has 0 bridgehead atoms. The van der Waals surface area contributed by atoms with Crippen molar-refractivity contribution in [1.29, 1.82) is 0 Å². The zero-order valence-corrected chi connectivity index (χ0v) is 13.4. The Kier molecular flexibility index (Phi) is 4.17. The van der Waals surface area contributed by atoms with Gasteiger partial charge < -0.3 is 9.26 Å². The second-order valence-corrected chi connectivity index (χ2v) is 5.56. The van der Waals surface area contributed by atoms with Gasteiger partial charge in [0, 0.05) is 5.56 Å². The third-order valence-corrected chi connectivity index (χ3v) is 3.72. The highest BCUT2D eigenvalue weighted by Gasteiger charge is 2.24. The topological polar surface area (TPSA) is 52.3 Å². The smallest absolute Gasteiger partial charge is 0.349 e. The fourth-order valence-corrected chi connectivity index (χ4v) is 2.40. The second kappa shape index (κ2) is 6.26. The lowest BCUT2D eigenvalue weighted by atomic mass is 10.1. The van der Waals surface area contributed by atoms with Crippen LogP contribution in [-0.4, -0.2) is 11.1 Å². The molecule has 0 atom stereocenters. The van der Waals surface area contributed by atoms with E-state index < -0.39 is 5.97 Å². The molecule has 0 radical (unpaired) electrons. The molecule has 0 spiro atoms. The van der Waals surface area contributed by atoms with Crippen LogP contribution in [0, 0.1) is 13.8 Å². The number of hydrogen-bond donors (Lipinski definition) is 0. The van der Waals surface area contributed by atoms with E-state index in [1.165, 1.54) is 0 Å². The Morgan fingerprint density at radius 1 is 1.13 bits per heavy atom. The number of aryl methyl sites for hydroxylation is 2. The van der Waals surface area contributed by atoms with Crippen LogP contribution in [0.4, 0.5) is 0 Å². The van der Waals surface area contributed by atoms with Gasteiger partial charge in [0.1, 0.15) is 22.8 Å². The van der Waals surface area contributed by atoms with E-state index in [0.717, 1.165) is 11.1 Å². The standard InChI is InChI=1S/C18H14ClNO3/c1-11-8-9-14(19)15(10-11)22-18(21)16-12(2)23-20-17(16)13-6-4-3-5-7-13/h3-10H,1-2H3. The Balaban J connectivity index is 1.97. The van der Waals surface area contributed by atoms with Crippen molar-refractivity contribution < 1.29 is 14.1 Å². The van der Waals surface area contributed by atoms with Gasteiger partial charge in [-0.15, -0.1) is 0 Å².